The van der Waals surface area contributed by atoms with Gasteiger partial charge in [0.1, 0.15) is 13.1 Å². The van der Waals surface area contributed by atoms with Gasteiger partial charge in [-0.25, -0.2) is 0 Å². The van der Waals surface area contributed by atoms with Gasteiger partial charge in [0.05, 0.1) is 20.2 Å². The molecule has 0 aliphatic carbocycles. The van der Waals surface area contributed by atoms with Crippen LogP contribution in [0.3, 0.4) is 0 Å². The zero-order valence-electron chi connectivity index (χ0n) is 12.7. The Balaban J connectivity index is 1.92. The molecule has 0 heterocycles. The van der Waals surface area contributed by atoms with E-state index in [1.54, 1.807) is 38.5 Å². The number of carboxylic acids is 1. The molecule has 116 valence electrons. The summed E-state index contributed by atoms with van der Waals surface area (Å²) in [7, 11) is 3.23. The van der Waals surface area contributed by atoms with Gasteiger partial charge >= 0.3 is 0 Å². The van der Waals surface area contributed by atoms with Crippen LogP contribution in [-0.4, -0.2) is 20.2 Å². The molecule has 5 heteroatoms. The standard InChI is InChI=1S/C17H19NO4/c1-21-15-8-5-13(9-16(15)22-2)11-18-10-12-3-6-14(7-4-12)17(19)20/h3-9,18H,10-11H2,1-2H3,(H,19,20). The fourth-order valence-corrected chi connectivity index (χ4v) is 2.19. The summed E-state index contributed by atoms with van der Waals surface area (Å²) in [5, 5.41) is 12.8. The Labute approximate surface area is 129 Å². The van der Waals surface area contributed by atoms with Crippen molar-refractivity contribution in [1.82, 2.24) is 0 Å². The molecule has 0 fully saturated rings. The number of carboxylic acid groups (broad SMARTS) is 1. The van der Waals surface area contributed by atoms with Crippen LogP contribution < -0.4 is 19.9 Å². The van der Waals surface area contributed by atoms with E-state index in [-0.39, 0.29) is 5.56 Å². The molecule has 0 aromatic heterocycles. The Bertz CT molecular complexity index is 638. The third kappa shape index (κ3) is 3.99. The maximum Gasteiger partial charge on any atom is 0.161 e. The van der Waals surface area contributed by atoms with Gasteiger partial charge in [-0.1, -0.05) is 24.3 Å². The van der Waals surface area contributed by atoms with Crippen LogP contribution in [0.15, 0.2) is 42.5 Å². The predicted molar refractivity (Wildman–Crippen MR) is 79.7 cm³/mol. The second-order valence-corrected chi connectivity index (χ2v) is 4.87. The summed E-state index contributed by atoms with van der Waals surface area (Å²) in [6.07, 6.45) is 0. The van der Waals surface area contributed by atoms with Crippen molar-refractivity contribution in [2.45, 2.75) is 13.1 Å². The number of nitrogens with two attached hydrogens (primary N) is 1. The van der Waals surface area contributed by atoms with Gasteiger partial charge in [0.25, 0.3) is 0 Å². The van der Waals surface area contributed by atoms with Crippen LogP contribution in [0, 0.1) is 0 Å². The number of rotatable bonds is 7. The topological polar surface area (TPSA) is 75.2 Å². The Morgan fingerprint density at radius 2 is 1.55 bits per heavy atom. The van der Waals surface area contributed by atoms with Crippen LogP contribution >= 0.6 is 0 Å². The number of benzene rings is 2. The number of quaternary nitrogens is 1. The highest BCUT2D eigenvalue weighted by molar-refractivity contribution is 5.85. The van der Waals surface area contributed by atoms with E-state index in [9.17, 15) is 9.90 Å². The van der Waals surface area contributed by atoms with Gasteiger partial charge in [0.2, 0.25) is 0 Å². The van der Waals surface area contributed by atoms with Crippen molar-refractivity contribution in [3.63, 3.8) is 0 Å². The molecule has 0 unspecified atom stereocenters. The molecule has 0 amide bonds. The lowest BCUT2D eigenvalue weighted by Crippen LogP contribution is -2.80. The molecule has 0 spiro atoms. The number of carbonyl (C=O) groups excluding carboxylic acids is 1. The van der Waals surface area contributed by atoms with Crippen molar-refractivity contribution in [3.8, 4) is 11.5 Å². The van der Waals surface area contributed by atoms with Gasteiger partial charge in [0.15, 0.2) is 11.5 Å². The Kier molecular flexibility index (Phi) is 5.38. The Morgan fingerprint density at radius 1 is 0.955 bits per heavy atom. The maximum absolute atomic E-state index is 10.7. The third-order valence-corrected chi connectivity index (χ3v) is 3.40. The first-order valence-corrected chi connectivity index (χ1v) is 6.97. The lowest BCUT2D eigenvalue weighted by molar-refractivity contribution is -0.686. The quantitative estimate of drug-likeness (QED) is 0.800. The first-order valence-electron chi connectivity index (χ1n) is 6.97. The first-order chi connectivity index (χ1) is 10.6. The summed E-state index contributed by atoms with van der Waals surface area (Å²) in [5.74, 6) is 0.275. The van der Waals surface area contributed by atoms with Crippen molar-refractivity contribution in [1.29, 1.82) is 0 Å². The number of ether oxygens (including phenoxy) is 2. The molecular weight excluding hydrogens is 282 g/mol. The van der Waals surface area contributed by atoms with E-state index in [4.69, 9.17) is 9.47 Å². The molecule has 22 heavy (non-hydrogen) atoms. The molecule has 0 saturated carbocycles. The zero-order chi connectivity index (χ0) is 15.9. The minimum Gasteiger partial charge on any atom is -0.545 e. The van der Waals surface area contributed by atoms with Crippen molar-refractivity contribution >= 4 is 5.97 Å². The van der Waals surface area contributed by atoms with Gasteiger partial charge in [-0.15, -0.1) is 0 Å². The van der Waals surface area contributed by atoms with Crippen LogP contribution in [0.4, 0.5) is 0 Å². The number of methoxy groups -OCH3 is 2. The molecule has 2 aromatic rings. The van der Waals surface area contributed by atoms with Crippen LogP contribution in [0.5, 0.6) is 11.5 Å². The van der Waals surface area contributed by atoms with Crippen molar-refractivity contribution in [2.24, 2.45) is 0 Å². The normalized spacial score (nSPS) is 10.3. The molecule has 0 saturated heterocycles. The van der Waals surface area contributed by atoms with Gasteiger partial charge in [-0.2, -0.15) is 0 Å². The second-order valence-electron chi connectivity index (χ2n) is 4.87. The van der Waals surface area contributed by atoms with Crippen LogP contribution in [0.1, 0.15) is 21.5 Å². The first kappa shape index (κ1) is 15.9. The second kappa shape index (κ2) is 7.47. The fourth-order valence-electron chi connectivity index (χ4n) is 2.19. The average molecular weight is 301 g/mol. The van der Waals surface area contributed by atoms with Crippen LogP contribution in [0.25, 0.3) is 0 Å². The molecule has 0 bridgehead atoms. The minimum absolute atomic E-state index is 0.198. The summed E-state index contributed by atoms with van der Waals surface area (Å²) in [6.45, 7) is 1.56. The molecular formula is C17H19NO4. The van der Waals surface area contributed by atoms with Crippen molar-refractivity contribution < 1.29 is 24.7 Å². The molecule has 5 nitrogen and oxygen atoms in total. The zero-order valence-corrected chi connectivity index (χ0v) is 12.7. The molecule has 0 aliphatic rings. The van der Waals surface area contributed by atoms with Crippen molar-refractivity contribution in [2.75, 3.05) is 14.2 Å². The van der Waals surface area contributed by atoms with E-state index in [1.807, 2.05) is 18.2 Å². The Morgan fingerprint density at radius 3 is 2.14 bits per heavy atom. The van der Waals surface area contributed by atoms with E-state index in [0.29, 0.717) is 11.5 Å². The van der Waals surface area contributed by atoms with Gasteiger partial charge in [0, 0.05) is 11.1 Å². The number of carbonyl (C=O) groups is 1. The highest BCUT2D eigenvalue weighted by atomic mass is 16.5. The average Bonchev–Trinajstić information content (AvgIpc) is 2.55. The van der Waals surface area contributed by atoms with E-state index in [0.717, 1.165) is 24.2 Å². The number of hydrogen-bond acceptors (Lipinski definition) is 4. The van der Waals surface area contributed by atoms with Gasteiger partial charge in [-0.3, -0.25) is 0 Å². The summed E-state index contributed by atoms with van der Waals surface area (Å²) in [5.41, 5.74) is 2.39. The highest BCUT2D eigenvalue weighted by Crippen LogP contribution is 2.27. The molecule has 0 radical (unpaired) electrons. The van der Waals surface area contributed by atoms with E-state index >= 15 is 0 Å². The number of hydrogen-bond donors (Lipinski definition) is 1. The van der Waals surface area contributed by atoms with E-state index in [2.05, 4.69) is 5.32 Å². The van der Waals surface area contributed by atoms with Crippen LogP contribution in [0.2, 0.25) is 0 Å². The summed E-state index contributed by atoms with van der Waals surface area (Å²) in [6, 6.07) is 12.6. The largest absolute Gasteiger partial charge is 0.545 e. The molecule has 0 aliphatic heterocycles. The predicted octanol–water partition coefficient (Wildman–Crippen LogP) is 0.331. The summed E-state index contributed by atoms with van der Waals surface area (Å²) < 4.78 is 10.5. The molecule has 2 N–H and O–H groups in total. The smallest absolute Gasteiger partial charge is 0.161 e. The maximum atomic E-state index is 10.7. The van der Waals surface area contributed by atoms with Gasteiger partial charge < -0.3 is 24.7 Å². The summed E-state index contributed by atoms with van der Waals surface area (Å²) >= 11 is 0. The Hall–Kier alpha value is -2.53. The molecule has 0 atom stereocenters. The van der Waals surface area contributed by atoms with E-state index in [1.165, 1.54) is 0 Å². The third-order valence-electron chi connectivity index (χ3n) is 3.40. The van der Waals surface area contributed by atoms with E-state index < -0.39 is 5.97 Å². The lowest BCUT2D eigenvalue weighted by atomic mass is 10.1. The lowest BCUT2D eigenvalue weighted by Gasteiger charge is -2.09. The molecule has 2 aromatic carbocycles. The molecule has 2 rings (SSSR count). The summed E-state index contributed by atoms with van der Waals surface area (Å²) in [4.78, 5) is 10.7. The van der Waals surface area contributed by atoms with Crippen LogP contribution in [-0.2, 0) is 13.1 Å². The monoisotopic (exact) mass is 301 g/mol. The SMILES string of the molecule is COc1ccc(C[NH2+]Cc2ccc(C(=O)[O-])cc2)cc1OC. The highest BCUT2D eigenvalue weighted by Gasteiger charge is 2.05. The minimum atomic E-state index is -1.15. The van der Waals surface area contributed by atoms with Gasteiger partial charge in [-0.05, 0) is 23.8 Å². The number of aromatic carboxylic acids is 1. The fraction of sp³-hybridized carbons (Fsp3) is 0.235. The van der Waals surface area contributed by atoms with Crippen molar-refractivity contribution in [3.05, 3.63) is 59.2 Å².